The summed E-state index contributed by atoms with van der Waals surface area (Å²) in [6, 6.07) is 0.549. The van der Waals surface area contributed by atoms with E-state index < -0.39 is 6.23 Å². The molecule has 1 rings (SSSR count). The molecule has 1 radical (unpaired) electrons. The molecule has 0 amide bonds. The van der Waals surface area contributed by atoms with E-state index in [9.17, 15) is 5.11 Å². The number of nitrogens with zero attached hydrogens (tertiary/aromatic N) is 1. The zero-order valence-corrected chi connectivity index (χ0v) is 8.12. The first-order valence-corrected chi connectivity index (χ1v) is 4.67. The highest BCUT2D eigenvalue weighted by Crippen LogP contribution is 2.17. The second-order valence-corrected chi connectivity index (χ2v) is 3.55. The molecule has 0 aromatic carbocycles. The summed E-state index contributed by atoms with van der Waals surface area (Å²) >= 11 is 0. The van der Waals surface area contributed by atoms with Crippen LogP contribution in [-0.4, -0.2) is 36.4 Å². The Morgan fingerprint density at radius 2 is 1.92 bits per heavy atom. The second-order valence-electron chi connectivity index (χ2n) is 3.55. The molecule has 71 valence electrons. The molecule has 0 bridgehead atoms. The van der Waals surface area contributed by atoms with Gasteiger partial charge in [0.1, 0.15) is 6.23 Å². The molecule has 3 unspecified atom stereocenters. The van der Waals surface area contributed by atoms with Crippen LogP contribution >= 0.6 is 0 Å². The summed E-state index contributed by atoms with van der Waals surface area (Å²) in [5, 5.41) is 11.5. The Balaban J connectivity index is 2.56. The van der Waals surface area contributed by atoms with Gasteiger partial charge in [-0.05, 0) is 20.3 Å². The monoisotopic (exact) mass is 172 g/mol. The third-order valence-corrected chi connectivity index (χ3v) is 2.42. The first-order valence-electron chi connectivity index (χ1n) is 4.67. The minimum atomic E-state index is -0.557. The summed E-state index contributed by atoms with van der Waals surface area (Å²) in [5.41, 5.74) is 0. The molecule has 0 aromatic heterocycles. The lowest BCUT2D eigenvalue weighted by Crippen LogP contribution is -2.53. The van der Waals surface area contributed by atoms with Crippen molar-refractivity contribution >= 4 is 0 Å². The van der Waals surface area contributed by atoms with E-state index in [1.54, 1.807) is 0 Å². The first kappa shape index (κ1) is 9.96. The van der Waals surface area contributed by atoms with Crippen LogP contribution in [0.25, 0.3) is 0 Å². The van der Waals surface area contributed by atoms with Crippen molar-refractivity contribution in [3.63, 3.8) is 0 Å². The van der Waals surface area contributed by atoms with E-state index in [1.807, 2.05) is 11.8 Å². The molecule has 3 heteroatoms. The maximum absolute atomic E-state index is 11.5. The van der Waals surface area contributed by atoms with E-state index in [2.05, 4.69) is 13.8 Å². The highest BCUT2D eigenvalue weighted by Gasteiger charge is 2.30. The van der Waals surface area contributed by atoms with E-state index in [-0.39, 0.29) is 12.1 Å². The Morgan fingerprint density at radius 3 is 2.33 bits per heavy atom. The van der Waals surface area contributed by atoms with Crippen LogP contribution in [0.15, 0.2) is 0 Å². The van der Waals surface area contributed by atoms with Crippen molar-refractivity contribution in [2.75, 3.05) is 13.2 Å². The van der Waals surface area contributed by atoms with Crippen molar-refractivity contribution in [1.82, 2.24) is 4.90 Å². The van der Waals surface area contributed by atoms with Gasteiger partial charge in [-0.1, -0.05) is 6.92 Å². The van der Waals surface area contributed by atoms with Gasteiger partial charge in [-0.25, -0.2) is 5.11 Å². The smallest absolute Gasteiger partial charge is 0.146 e. The third-order valence-electron chi connectivity index (χ3n) is 2.42. The predicted octanol–water partition coefficient (Wildman–Crippen LogP) is 1.26. The molecular formula is C9H18NO2. The van der Waals surface area contributed by atoms with Crippen LogP contribution in [0.1, 0.15) is 27.2 Å². The highest BCUT2D eigenvalue weighted by molar-refractivity contribution is 4.78. The van der Waals surface area contributed by atoms with Crippen molar-refractivity contribution in [3.05, 3.63) is 0 Å². The van der Waals surface area contributed by atoms with Gasteiger partial charge in [-0.15, -0.1) is 0 Å². The second kappa shape index (κ2) is 4.21. The van der Waals surface area contributed by atoms with Gasteiger partial charge in [0.25, 0.3) is 0 Å². The van der Waals surface area contributed by atoms with E-state index in [0.717, 1.165) is 0 Å². The third kappa shape index (κ3) is 1.97. The number of ether oxygens (including phenoxy) is 1. The van der Waals surface area contributed by atoms with Crippen LogP contribution in [0.2, 0.25) is 0 Å². The highest BCUT2D eigenvalue weighted by atomic mass is 16.5. The fourth-order valence-corrected chi connectivity index (χ4v) is 1.79. The van der Waals surface area contributed by atoms with Crippen molar-refractivity contribution < 1.29 is 9.84 Å². The van der Waals surface area contributed by atoms with Gasteiger partial charge < -0.3 is 4.74 Å². The Morgan fingerprint density at radius 1 is 1.42 bits per heavy atom. The molecule has 0 aromatic rings. The fourth-order valence-electron chi connectivity index (χ4n) is 1.79. The number of rotatable bonds is 2. The summed E-state index contributed by atoms with van der Waals surface area (Å²) in [6.07, 6.45) is 0.119. The Bertz CT molecular complexity index is 125. The van der Waals surface area contributed by atoms with Crippen molar-refractivity contribution in [3.8, 4) is 0 Å². The van der Waals surface area contributed by atoms with Gasteiger partial charge in [0.15, 0.2) is 0 Å². The van der Waals surface area contributed by atoms with Crippen LogP contribution in [0, 0.1) is 0 Å². The van der Waals surface area contributed by atoms with Crippen LogP contribution in [0.4, 0.5) is 0 Å². The van der Waals surface area contributed by atoms with Crippen LogP contribution < -0.4 is 0 Å². The predicted molar refractivity (Wildman–Crippen MR) is 46.3 cm³/mol. The Hall–Kier alpha value is -0.120. The molecule has 1 saturated heterocycles. The van der Waals surface area contributed by atoms with E-state index in [1.165, 1.54) is 0 Å². The molecule has 0 N–H and O–H groups in total. The number of hydrogen-bond acceptors (Lipinski definition) is 2. The average molecular weight is 172 g/mol. The zero-order chi connectivity index (χ0) is 9.14. The van der Waals surface area contributed by atoms with E-state index in [0.29, 0.717) is 19.6 Å². The summed E-state index contributed by atoms with van der Waals surface area (Å²) in [7, 11) is 0. The van der Waals surface area contributed by atoms with Gasteiger partial charge in [0, 0.05) is 12.1 Å². The minimum absolute atomic E-state index is 0.274. The van der Waals surface area contributed by atoms with Gasteiger partial charge >= 0.3 is 0 Å². The van der Waals surface area contributed by atoms with E-state index in [4.69, 9.17) is 4.74 Å². The molecule has 1 heterocycles. The largest absolute Gasteiger partial charge is 0.378 e. The molecule has 3 atom stereocenters. The normalized spacial score (nSPS) is 35.0. The Kier molecular flexibility index (Phi) is 3.50. The minimum Gasteiger partial charge on any atom is -0.378 e. The van der Waals surface area contributed by atoms with Gasteiger partial charge in [0.2, 0.25) is 0 Å². The molecule has 0 aliphatic carbocycles. The van der Waals surface area contributed by atoms with Crippen LogP contribution in [0.3, 0.4) is 0 Å². The van der Waals surface area contributed by atoms with Crippen molar-refractivity contribution in [2.24, 2.45) is 0 Å². The summed E-state index contributed by atoms with van der Waals surface area (Å²) in [6.45, 7) is 7.44. The first-order chi connectivity index (χ1) is 5.66. The van der Waals surface area contributed by atoms with Crippen molar-refractivity contribution in [1.29, 1.82) is 0 Å². The number of hydrogen-bond donors (Lipinski definition) is 0. The van der Waals surface area contributed by atoms with Crippen LogP contribution in [-0.2, 0) is 9.84 Å². The maximum atomic E-state index is 11.5. The molecule has 0 saturated carbocycles. The lowest BCUT2D eigenvalue weighted by atomic mass is 10.1. The molecule has 12 heavy (non-hydrogen) atoms. The summed E-state index contributed by atoms with van der Waals surface area (Å²) in [4.78, 5) is 2.02. The molecular weight excluding hydrogens is 154 g/mol. The number of morpholine rings is 1. The van der Waals surface area contributed by atoms with E-state index >= 15 is 0 Å². The SMILES string of the molecule is CCC([O])N1C(C)COCC1C. The average Bonchev–Trinajstić information content (AvgIpc) is 2.03. The Labute approximate surface area is 74.3 Å². The maximum Gasteiger partial charge on any atom is 0.146 e. The van der Waals surface area contributed by atoms with Crippen LogP contribution in [0.5, 0.6) is 0 Å². The molecule has 1 aliphatic rings. The quantitative estimate of drug-likeness (QED) is 0.628. The molecule has 3 nitrogen and oxygen atoms in total. The van der Waals surface area contributed by atoms with Gasteiger partial charge in [0.05, 0.1) is 13.2 Å². The lowest BCUT2D eigenvalue weighted by molar-refractivity contribution is -0.143. The topological polar surface area (TPSA) is 32.4 Å². The molecule has 0 spiro atoms. The summed E-state index contributed by atoms with van der Waals surface area (Å²) in [5.74, 6) is 0. The van der Waals surface area contributed by atoms with Gasteiger partial charge in [-0.3, -0.25) is 4.90 Å². The summed E-state index contributed by atoms with van der Waals surface area (Å²) < 4.78 is 5.34. The standard InChI is InChI=1S/C9H18NO2/c1-4-9(11)10-7(2)5-12-6-8(10)3/h7-9H,4-6H2,1-3H3. The zero-order valence-electron chi connectivity index (χ0n) is 8.12. The van der Waals surface area contributed by atoms with Crippen molar-refractivity contribution in [2.45, 2.75) is 45.5 Å². The fraction of sp³-hybridized carbons (Fsp3) is 1.00. The molecule has 1 fully saturated rings. The van der Waals surface area contributed by atoms with Gasteiger partial charge in [-0.2, -0.15) is 0 Å². The molecule has 1 aliphatic heterocycles. The lowest BCUT2D eigenvalue weighted by Gasteiger charge is -2.40.